The van der Waals surface area contributed by atoms with E-state index in [1.807, 2.05) is 0 Å². The number of aromatic nitrogens is 1. The Morgan fingerprint density at radius 1 is 1.18 bits per heavy atom. The van der Waals surface area contributed by atoms with Gasteiger partial charge in [0.1, 0.15) is 23.0 Å². The summed E-state index contributed by atoms with van der Waals surface area (Å²) in [5.41, 5.74) is 1.13. The molecule has 3 aromatic rings. The van der Waals surface area contributed by atoms with Gasteiger partial charge in [0, 0.05) is 15.9 Å². The Hall–Kier alpha value is -2.40. The van der Waals surface area contributed by atoms with Gasteiger partial charge >= 0.3 is 0 Å². The Balaban J connectivity index is 2.01. The molecule has 0 aliphatic rings. The zero-order valence-corrected chi connectivity index (χ0v) is 12.3. The second-order valence-electron chi connectivity index (χ2n) is 4.87. The number of carbonyl (C=O) groups is 1. The molecule has 0 saturated heterocycles. The number of anilines is 1. The SMILES string of the molecule is Cc1c(C(=O)Nc2c(F)cccc2F)[nH]c2cc(Cl)ccc12. The van der Waals surface area contributed by atoms with Gasteiger partial charge in [0.15, 0.2) is 0 Å². The van der Waals surface area contributed by atoms with Gasteiger partial charge in [-0.1, -0.05) is 23.7 Å². The third-order valence-corrected chi connectivity index (χ3v) is 3.68. The molecule has 0 bridgehead atoms. The van der Waals surface area contributed by atoms with Gasteiger partial charge in [0.05, 0.1) is 0 Å². The van der Waals surface area contributed by atoms with Crippen LogP contribution in [0, 0.1) is 18.6 Å². The van der Waals surface area contributed by atoms with Gasteiger partial charge in [-0.2, -0.15) is 0 Å². The van der Waals surface area contributed by atoms with Gasteiger partial charge in [-0.3, -0.25) is 4.79 Å². The van der Waals surface area contributed by atoms with Crippen LogP contribution in [0.15, 0.2) is 36.4 Å². The lowest BCUT2D eigenvalue weighted by molar-refractivity contribution is 0.102. The number of hydrogen-bond acceptors (Lipinski definition) is 1. The highest BCUT2D eigenvalue weighted by Gasteiger charge is 2.18. The number of aromatic amines is 1. The molecule has 3 nitrogen and oxygen atoms in total. The number of carbonyl (C=O) groups excluding carboxylic acids is 1. The third-order valence-electron chi connectivity index (χ3n) is 3.45. The zero-order chi connectivity index (χ0) is 15.9. The molecule has 0 fully saturated rings. The van der Waals surface area contributed by atoms with E-state index < -0.39 is 23.2 Å². The van der Waals surface area contributed by atoms with Crippen molar-refractivity contribution in [1.82, 2.24) is 4.98 Å². The molecule has 0 aliphatic carbocycles. The molecule has 0 radical (unpaired) electrons. The fraction of sp³-hybridized carbons (Fsp3) is 0.0625. The summed E-state index contributed by atoms with van der Waals surface area (Å²) in [5, 5.41) is 3.61. The van der Waals surface area contributed by atoms with E-state index in [4.69, 9.17) is 11.6 Å². The number of halogens is 3. The molecule has 112 valence electrons. The number of hydrogen-bond donors (Lipinski definition) is 2. The predicted octanol–water partition coefficient (Wildman–Crippen LogP) is 4.66. The number of nitrogens with one attached hydrogen (secondary N) is 2. The Kier molecular flexibility index (Phi) is 3.58. The highest BCUT2D eigenvalue weighted by atomic mass is 35.5. The van der Waals surface area contributed by atoms with Crippen LogP contribution in [0.3, 0.4) is 0 Å². The summed E-state index contributed by atoms with van der Waals surface area (Å²) in [4.78, 5) is 15.2. The van der Waals surface area contributed by atoms with Crippen molar-refractivity contribution in [3.8, 4) is 0 Å². The molecule has 0 atom stereocenters. The summed E-state index contributed by atoms with van der Waals surface area (Å²) in [7, 11) is 0. The van der Waals surface area contributed by atoms with Crippen molar-refractivity contribution in [2.45, 2.75) is 6.92 Å². The molecule has 1 amide bonds. The van der Waals surface area contributed by atoms with Gasteiger partial charge in [-0.15, -0.1) is 0 Å². The first-order chi connectivity index (χ1) is 10.5. The van der Waals surface area contributed by atoms with Gasteiger partial charge in [0.2, 0.25) is 0 Å². The Morgan fingerprint density at radius 3 is 2.55 bits per heavy atom. The fourth-order valence-electron chi connectivity index (χ4n) is 2.33. The maximum Gasteiger partial charge on any atom is 0.272 e. The highest BCUT2D eigenvalue weighted by Crippen LogP contribution is 2.26. The van der Waals surface area contributed by atoms with E-state index in [1.54, 1.807) is 25.1 Å². The van der Waals surface area contributed by atoms with Crippen molar-refractivity contribution in [2.24, 2.45) is 0 Å². The summed E-state index contributed by atoms with van der Waals surface area (Å²) in [6.07, 6.45) is 0. The van der Waals surface area contributed by atoms with Gasteiger partial charge < -0.3 is 10.3 Å². The van der Waals surface area contributed by atoms with Crippen LogP contribution < -0.4 is 5.32 Å². The van der Waals surface area contributed by atoms with E-state index in [2.05, 4.69) is 10.3 Å². The molecule has 22 heavy (non-hydrogen) atoms. The summed E-state index contributed by atoms with van der Waals surface area (Å²) in [6, 6.07) is 8.57. The monoisotopic (exact) mass is 320 g/mol. The molecule has 1 aromatic heterocycles. The predicted molar refractivity (Wildman–Crippen MR) is 82.4 cm³/mol. The van der Waals surface area contributed by atoms with E-state index >= 15 is 0 Å². The van der Waals surface area contributed by atoms with Crippen molar-refractivity contribution in [3.05, 3.63) is 64.3 Å². The topological polar surface area (TPSA) is 44.9 Å². The molecule has 1 heterocycles. The highest BCUT2D eigenvalue weighted by molar-refractivity contribution is 6.31. The van der Waals surface area contributed by atoms with Gasteiger partial charge in [-0.25, -0.2) is 8.78 Å². The van der Waals surface area contributed by atoms with Gasteiger partial charge in [-0.05, 0) is 36.8 Å². The maximum absolute atomic E-state index is 13.6. The standard InChI is InChI=1S/C16H11ClF2N2O/c1-8-10-6-5-9(17)7-13(10)20-14(8)16(22)21-15-11(18)3-2-4-12(15)19/h2-7,20H,1H3,(H,21,22). The lowest BCUT2D eigenvalue weighted by Gasteiger charge is -2.07. The largest absolute Gasteiger partial charge is 0.350 e. The Labute approximate surface area is 129 Å². The first-order valence-electron chi connectivity index (χ1n) is 6.50. The minimum absolute atomic E-state index is 0.236. The summed E-state index contributed by atoms with van der Waals surface area (Å²) < 4.78 is 27.2. The molecule has 0 aliphatic heterocycles. The maximum atomic E-state index is 13.6. The van der Waals surface area contributed by atoms with E-state index in [0.717, 1.165) is 17.5 Å². The van der Waals surface area contributed by atoms with Crippen LogP contribution in [0.2, 0.25) is 5.02 Å². The van der Waals surface area contributed by atoms with Gasteiger partial charge in [0.25, 0.3) is 5.91 Å². The number of amides is 1. The van der Waals surface area contributed by atoms with Crippen molar-refractivity contribution in [3.63, 3.8) is 0 Å². The molecule has 0 unspecified atom stereocenters. The lowest BCUT2D eigenvalue weighted by atomic mass is 10.1. The molecule has 2 aromatic carbocycles. The van der Waals surface area contributed by atoms with E-state index in [1.165, 1.54) is 6.07 Å². The van der Waals surface area contributed by atoms with Crippen LogP contribution >= 0.6 is 11.6 Å². The number of aryl methyl sites for hydroxylation is 1. The van der Waals surface area contributed by atoms with Crippen LogP contribution in [0.4, 0.5) is 14.5 Å². The Morgan fingerprint density at radius 2 is 1.86 bits per heavy atom. The molecule has 3 rings (SSSR count). The number of rotatable bonds is 2. The van der Waals surface area contributed by atoms with Crippen molar-refractivity contribution in [2.75, 3.05) is 5.32 Å². The average molecular weight is 321 g/mol. The Bertz CT molecular complexity index is 869. The lowest BCUT2D eigenvalue weighted by Crippen LogP contribution is -2.15. The van der Waals surface area contributed by atoms with Crippen LogP contribution in [0.5, 0.6) is 0 Å². The number of benzene rings is 2. The molecule has 6 heteroatoms. The van der Waals surface area contributed by atoms with Crippen LogP contribution in [0.25, 0.3) is 10.9 Å². The van der Waals surface area contributed by atoms with E-state index in [0.29, 0.717) is 16.1 Å². The third kappa shape index (κ3) is 2.44. The van der Waals surface area contributed by atoms with E-state index in [9.17, 15) is 13.6 Å². The van der Waals surface area contributed by atoms with Crippen molar-refractivity contribution >= 4 is 34.1 Å². The zero-order valence-electron chi connectivity index (χ0n) is 11.5. The second-order valence-corrected chi connectivity index (χ2v) is 5.30. The first kappa shape index (κ1) is 14.5. The van der Waals surface area contributed by atoms with Crippen LogP contribution in [-0.2, 0) is 0 Å². The summed E-state index contributed by atoms with van der Waals surface area (Å²) >= 11 is 5.91. The van der Waals surface area contributed by atoms with E-state index in [-0.39, 0.29) is 5.69 Å². The smallest absolute Gasteiger partial charge is 0.272 e. The van der Waals surface area contributed by atoms with Crippen LogP contribution in [0.1, 0.15) is 16.1 Å². The minimum atomic E-state index is -0.829. The second kappa shape index (κ2) is 5.42. The molecule has 2 N–H and O–H groups in total. The molecular formula is C16H11ClF2N2O. The summed E-state index contributed by atoms with van der Waals surface area (Å²) in [6.45, 7) is 1.75. The first-order valence-corrected chi connectivity index (χ1v) is 6.88. The quantitative estimate of drug-likeness (QED) is 0.708. The minimum Gasteiger partial charge on any atom is -0.350 e. The fourth-order valence-corrected chi connectivity index (χ4v) is 2.50. The number of H-pyrrole nitrogens is 1. The number of para-hydroxylation sites is 1. The van der Waals surface area contributed by atoms with Crippen LogP contribution in [-0.4, -0.2) is 10.9 Å². The molecule has 0 saturated carbocycles. The summed E-state index contributed by atoms with van der Waals surface area (Å²) in [5.74, 6) is -2.27. The number of fused-ring (bicyclic) bond motifs is 1. The normalized spacial score (nSPS) is 10.9. The van der Waals surface area contributed by atoms with Crippen molar-refractivity contribution in [1.29, 1.82) is 0 Å². The average Bonchev–Trinajstić information content (AvgIpc) is 2.79. The molecular weight excluding hydrogens is 310 g/mol. The van der Waals surface area contributed by atoms with Crippen molar-refractivity contribution < 1.29 is 13.6 Å². The molecule has 0 spiro atoms.